The molecule has 0 fully saturated rings. The van der Waals surface area contributed by atoms with E-state index in [2.05, 4.69) is 314 Å². The summed E-state index contributed by atoms with van der Waals surface area (Å²) < 4.78 is 0. The zero-order valence-corrected chi connectivity index (χ0v) is 50.0. The topological polar surface area (TPSA) is 0 Å². The normalized spacial score (nSPS) is 13.1. The smallest absolute Gasteiger partial charge is 0.0870 e. The Bertz CT molecular complexity index is 3050. The summed E-state index contributed by atoms with van der Waals surface area (Å²) in [5.41, 5.74) is 25.9. The summed E-state index contributed by atoms with van der Waals surface area (Å²) in [5, 5.41) is 0. The Balaban J connectivity index is 0.000000362. The average molecular weight is 991 g/mol. The maximum absolute atomic E-state index is 2.51. The van der Waals surface area contributed by atoms with Gasteiger partial charge in [-0.2, -0.15) is 0 Å². The fourth-order valence-corrected chi connectivity index (χ4v) is 9.96. The summed E-state index contributed by atoms with van der Waals surface area (Å²) in [5.74, 6) is 0. The fourth-order valence-electron chi connectivity index (χ4n) is 9.96. The zero-order valence-electron chi connectivity index (χ0n) is 50.0. The Morgan fingerprint density at radius 2 is 0.800 bits per heavy atom. The van der Waals surface area contributed by atoms with Gasteiger partial charge in [0, 0.05) is 0 Å². The minimum absolute atomic E-state index is 0.0297. The number of allylic oxidation sites excluding steroid dienone is 6. The second-order valence-corrected chi connectivity index (χ2v) is 26.6. The predicted octanol–water partition coefficient (Wildman–Crippen LogP) is 19.5. The van der Waals surface area contributed by atoms with E-state index in [0.717, 1.165) is 6.42 Å². The highest BCUT2D eigenvalue weighted by molar-refractivity contribution is 6.91. The summed E-state index contributed by atoms with van der Waals surface area (Å²) in [6.45, 7) is 45.8. The SMILES string of the molecule is C/C=C/C(=C\C(C)=C(/Cc1ccc(C(C)(C)C)cc1)B(c1cc(C(C)(C)C)ccc1C)c1cc(C(C)(C)C)ccc1C)c1ccc(-c2ccccc2)cc1.Cc1ccc(C(C)(C)C)cc1-c1ccc(C(C)(C)C)cc1. The van der Waals surface area contributed by atoms with Crippen LogP contribution in [0, 0.1) is 20.8 Å². The van der Waals surface area contributed by atoms with Crippen LogP contribution in [0.25, 0.3) is 27.8 Å². The van der Waals surface area contributed by atoms with Gasteiger partial charge in [-0.15, -0.1) is 0 Å². The summed E-state index contributed by atoms with van der Waals surface area (Å²) in [6.07, 6.45) is 7.73. The van der Waals surface area contributed by atoms with Crippen molar-refractivity contribution in [3.05, 3.63) is 243 Å². The molecule has 0 aromatic heterocycles. The van der Waals surface area contributed by atoms with Crippen LogP contribution in [0.15, 0.2) is 187 Å². The summed E-state index contributed by atoms with van der Waals surface area (Å²) in [4.78, 5) is 0. The van der Waals surface area contributed by atoms with E-state index in [1.165, 1.54) is 105 Å². The Kier molecular flexibility index (Phi) is 18.1. The van der Waals surface area contributed by atoms with Crippen molar-refractivity contribution in [1.82, 2.24) is 0 Å². The van der Waals surface area contributed by atoms with E-state index in [0.29, 0.717) is 0 Å². The van der Waals surface area contributed by atoms with Crippen LogP contribution < -0.4 is 10.9 Å². The molecule has 0 saturated heterocycles. The van der Waals surface area contributed by atoms with E-state index in [1.807, 2.05) is 0 Å². The maximum atomic E-state index is 2.51. The Morgan fingerprint density at radius 1 is 0.413 bits per heavy atom. The maximum Gasteiger partial charge on any atom is 0.238 e. The zero-order chi connectivity index (χ0) is 55.3. The molecule has 390 valence electrons. The van der Waals surface area contributed by atoms with Gasteiger partial charge in [-0.25, -0.2) is 0 Å². The van der Waals surface area contributed by atoms with Crippen molar-refractivity contribution in [3.63, 3.8) is 0 Å². The van der Waals surface area contributed by atoms with Gasteiger partial charge in [-0.05, 0) is 140 Å². The molecule has 7 rings (SSSR count). The molecule has 0 aliphatic heterocycles. The fraction of sp³-hybridized carbons (Fsp3) is 0.351. The molecule has 0 N–H and O–H groups in total. The molecule has 0 aliphatic carbocycles. The van der Waals surface area contributed by atoms with Crippen LogP contribution in [0.3, 0.4) is 0 Å². The molecular weight excluding hydrogens is 900 g/mol. The number of benzene rings is 7. The predicted molar refractivity (Wildman–Crippen MR) is 335 cm³/mol. The summed E-state index contributed by atoms with van der Waals surface area (Å²) >= 11 is 0. The van der Waals surface area contributed by atoms with Crippen molar-refractivity contribution in [2.75, 3.05) is 0 Å². The summed E-state index contributed by atoms with van der Waals surface area (Å²) in [7, 11) is 0. The molecule has 0 bridgehead atoms. The first kappa shape index (κ1) is 58.1. The number of hydrogen-bond acceptors (Lipinski definition) is 0. The third kappa shape index (κ3) is 15.0. The van der Waals surface area contributed by atoms with Gasteiger partial charge in [-0.1, -0.05) is 313 Å². The van der Waals surface area contributed by atoms with Crippen molar-refractivity contribution in [2.24, 2.45) is 0 Å². The Hall–Kier alpha value is -6.18. The van der Waals surface area contributed by atoms with Crippen molar-refractivity contribution in [1.29, 1.82) is 0 Å². The molecule has 7 aromatic rings. The molecule has 0 unspecified atom stereocenters. The van der Waals surface area contributed by atoms with Gasteiger partial charge in [0.2, 0.25) is 6.71 Å². The highest BCUT2D eigenvalue weighted by atomic mass is 14.2. The van der Waals surface area contributed by atoms with Crippen LogP contribution in [-0.4, -0.2) is 6.71 Å². The van der Waals surface area contributed by atoms with Crippen LogP contribution >= 0.6 is 0 Å². The monoisotopic (exact) mass is 991 g/mol. The third-order valence-corrected chi connectivity index (χ3v) is 15.2. The second kappa shape index (κ2) is 23.4. The van der Waals surface area contributed by atoms with Crippen molar-refractivity contribution in [3.8, 4) is 22.3 Å². The van der Waals surface area contributed by atoms with E-state index < -0.39 is 0 Å². The highest BCUT2D eigenvalue weighted by Crippen LogP contribution is 2.34. The lowest BCUT2D eigenvalue weighted by atomic mass is 9.33. The third-order valence-electron chi connectivity index (χ3n) is 15.2. The first-order valence-corrected chi connectivity index (χ1v) is 27.7. The largest absolute Gasteiger partial charge is 0.238 e. The molecule has 0 aliphatic rings. The van der Waals surface area contributed by atoms with Crippen molar-refractivity contribution < 1.29 is 0 Å². The lowest BCUT2D eigenvalue weighted by Crippen LogP contribution is -2.48. The van der Waals surface area contributed by atoms with Crippen LogP contribution in [0.5, 0.6) is 0 Å². The standard InChI is InChI=1S/C53H63B.C21H28/c1-14-18-44(43-27-25-42(26-28-43)41-19-16-15-17-20-41)33-39(4)48(34-40-23-31-45(32-24-40)51(5,6)7)54(49-35-46(52(8,9)10)29-21-37(49)2)50-36-47(53(11,12)13)30-22-38(50)3;1-15-8-11-18(21(5,6)7)14-19(15)16-9-12-17(13-10-16)20(2,3)4/h14-33,35-36H,34H2,1-13H3;8-14H,1-7H3/b18-14+,44-33+,48-39+;. The minimum atomic E-state index is 0.0297. The molecule has 0 spiro atoms. The summed E-state index contributed by atoms with van der Waals surface area (Å²) in [6, 6.07) is 59.4. The molecule has 0 atom stereocenters. The second-order valence-electron chi connectivity index (χ2n) is 26.6. The number of hydrogen-bond donors (Lipinski definition) is 0. The molecule has 0 heterocycles. The molecule has 7 aromatic carbocycles. The van der Waals surface area contributed by atoms with E-state index in [4.69, 9.17) is 0 Å². The van der Waals surface area contributed by atoms with Crippen molar-refractivity contribution >= 4 is 23.2 Å². The molecule has 0 radical (unpaired) electrons. The Morgan fingerprint density at radius 3 is 1.24 bits per heavy atom. The first-order valence-electron chi connectivity index (χ1n) is 27.7. The van der Waals surface area contributed by atoms with Gasteiger partial charge in [0.1, 0.15) is 0 Å². The van der Waals surface area contributed by atoms with Crippen LogP contribution in [0.4, 0.5) is 0 Å². The number of aryl methyl sites for hydroxylation is 3. The van der Waals surface area contributed by atoms with E-state index in [-0.39, 0.29) is 33.8 Å². The first-order chi connectivity index (χ1) is 34.9. The van der Waals surface area contributed by atoms with Crippen LogP contribution in [-0.2, 0) is 33.5 Å². The van der Waals surface area contributed by atoms with Gasteiger partial charge in [0.05, 0.1) is 0 Å². The number of rotatable bonds is 10. The van der Waals surface area contributed by atoms with Gasteiger partial charge in [0.15, 0.2) is 0 Å². The molecule has 0 saturated carbocycles. The molecule has 75 heavy (non-hydrogen) atoms. The van der Waals surface area contributed by atoms with Crippen molar-refractivity contribution in [2.45, 2.75) is 172 Å². The molecular formula is C74H91B. The van der Waals surface area contributed by atoms with E-state index >= 15 is 0 Å². The van der Waals surface area contributed by atoms with E-state index in [1.54, 1.807) is 0 Å². The molecule has 1 heteroatoms. The van der Waals surface area contributed by atoms with Gasteiger partial charge in [-0.3, -0.25) is 0 Å². The highest BCUT2D eigenvalue weighted by Gasteiger charge is 2.31. The minimum Gasteiger partial charge on any atom is -0.0870 e. The quantitative estimate of drug-likeness (QED) is 0.0946. The van der Waals surface area contributed by atoms with Crippen LogP contribution in [0.1, 0.15) is 173 Å². The molecule has 0 nitrogen and oxygen atoms in total. The lowest BCUT2D eigenvalue weighted by molar-refractivity contribution is 0.589. The van der Waals surface area contributed by atoms with E-state index in [9.17, 15) is 0 Å². The van der Waals surface area contributed by atoms with Crippen LogP contribution in [0.2, 0.25) is 0 Å². The van der Waals surface area contributed by atoms with Gasteiger partial charge >= 0.3 is 0 Å². The average Bonchev–Trinajstić information content (AvgIpc) is 3.34. The van der Waals surface area contributed by atoms with Gasteiger partial charge in [0.25, 0.3) is 0 Å². The van der Waals surface area contributed by atoms with Gasteiger partial charge < -0.3 is 0 Å². The Labute approximate surface area is 457 Å². The lowest BCUT2D eigenvalue weighted by Gasteiger charge is -2.29. The molecule has 0 amide bonds.